The minimum absolute atomic E-state index is 0.00299. The number of fused-ring (bicyclic) bond motifs is 4. The van der Waals surface area contributed by atoms with Crippen LogP contribution in [0.5, 0.6) is 0 Å². The van der Waals surface area contributed by atoms with Gasteiger partial charge in [-0.3, -0.25) is 0 Å². The highest BCUT2D eigenvalue weighted by Gasteiger charge is 2.59. The van der Waals surface area contributed by atoms with E-state index in [1.165, 1.54) is 0 Å². The molecule has 1 aromatic carbocycles. The van der Waals surface area contributed by atoms with Crippen molar-refractivity contribution < 1.29 is 17.9 Å². The van der Waals surface area contributed by atoms with Crippen LogP contribution in [0.25, 0.3) is 0 Å². The van der Waals surface area contributed by atoms with E-state index in [0.29, 0.717) is 18.1 Å². The van der Waals surface area contributed by atoms with Gasteiger partial charge in [0.05, 0.1) is 10.9 Å². The molecule has 3 heterocycles. The van der Waals surface area contributed by atoms with Crippen LogP contribution in [0.3, 0.4) is 0 Å². The van der Waals surface area contributed by atoms with Crippen LogP contribution in [0, 0.1) is 11.8 Å². The smallest absolute Gasteiger partial charge is 0.410 e. The minimum atomic E-state index is -3.70. The summed E-state index contributed by atoms with van der Waals surface area (Å²) in [6.45, 7) is 2.95. The number of halogens is 1. The average molecular weight is 468 g/mol. The fourth-order valence-electron chi connectivity index (χ4n) is 5.90. The van der Waals surface area contributed by atoms with Gasteiger partial charge < -0.3 is 14.5 Å². The van der Waals surface area contributed by atoms with Crippen LogP contribution >= 0.6 is 11.6 Å². The lowest BCUT2D eigenvalue weighted by Crippen LogP contribution is -2.68. The maximum absolute atomic E-state index is 13.7. The van der Waals surface area contributed by atoms with Gasteiger partial charge in [0, 0.05) is 43.2 Å². The van der Waals surface area contributed by atoms with Crippen molar-refractivity contribution in [2.75, 3.05) is 33.2 Å². The van der Waals surface area contributed by atoms with Crippen LogP contribution in [0.1, 0.15) is 32.1 Å². The lowest BCUT2D eigenvalue weighted by atomic mass is 9.60. The van der Waals surface area contributed by atoms with Gasteiger partial charge in [-0.15, -0.1) is 0 Å². The summed E-state index contributed by atoms with van der Waals surface area (Å²) < 4.78 is 35.2. The molecule has 0 radical (unpaired) electrons. The summed E-state index contributed by atoms with van der Waals surface area (Å²) in [5, 5.41) is 0.510. The van der Waals surface area contributed by atoms with E-state index in [4.69, 9.17) is 16.3 Å². The Morgan fingerprint density at radius 2 is 1.61 bits per heavy atom. The molecule has 3 aliphatic heterocycles. The molecule has 3 saturated heterocycles. The van der Waals surface area contributed by atoms with Gasteiger partial charge in [0.25, 0.3) is 0 Å². The number of nitrogens with zero attached hydrogens (tertiary/aromatic N) is 3. The molecule has 7 nitrogen and oxygen atoms in total. The average Bonchev–Trinajstić information content (AvgIpc) is 2.72. The number of benzene rings is 1. The molecular weight excluding hydrogens is 438 g/mol. The van der Waals surface area contributed by atoms with E-state index >= 15 is 0 Å². The Kier molecular flexibility index (Phi) is 5.69. The Morgan fingerprint density at radius 3 is 2.26 bits per heavy atom. The van der Waals surface area contributed by atoms with E-state index < -0.39 is 10.0 Å². The maximum Gasteiger partial charge on any atom is 0.410 e. The number of amides is 1. The monoisotopic (exact) mass is 467 g/mol. The zero-order valence-electron chi connectivity index (χ0n) is 17.8. The Balaban J connectivity index is 1.42. The molecule has 9 heteroatoms. The van der Waals surface area contributed by atoms with E-state index in [1.807, 2.05) is 7.05 Å². The van der Waals surface area contributed by atoms with Crippen molar-refractivity contribution in [3.63, 3.8) is 0 Å². The molecule has 4 fully saturated rings. The fraction of sp³-hybridized carbons (Fsp3) is 0.682. The lowest BCUT2D eigenvalue weighted by Gasteiger charge is -2.59. The van der Waals surface area contributed by atoms with Gasteiger partial charge in [-0.1, -0.05) is 18.0 Å². The third-order valence-electron chi connectivity index (χ3n) is 7.72. The van der Waals surface area contributed by atoms with Crippen molar-refractivity contribution in [1.29, 1.82) is 0 Å². The highest BCUT2D eigenvalue weighted by molar-refractivity contribution is 7.89. The van der Waals surface area contributed by atoms with E-state index in [-0.39, 0.29) is 41.0 Å². The molecule has 0 N–H and O–H groups in total. The molecule has 31 heavy (non-hydrogen) atoms. The Labute approximate surface area is 189 Å². The first-order valence-electron chi connectivity index (χ1n) is 11.3. The van der Waals surface area contributed by atoms with E-state index in [9.17, 15) is 13.2 Å². The first-order valence-corrected chi connectivity index (χ1v) is 13.1. The van der Waals surface area contributed by atoms with Crippen LogP contribution in [0.2, 0.25) is 5.02 Å². The van der Waals surface area contributed by atoms with Crippen LogP contribution in [0.4, 0.5) is 4.79 Å². The molecule has 1 aliphatic carbocycles. The van der Waals surface area contributed by atoms with E-state index in [1.54, 1.807) is 33.5 Å². The van der Waals surface area contributed by atoms with Crippen molar-refractivity contribution >= 4 is 27.7 Å². The van der Waals surface area contributed by atoms with Gasteiger partial charge in [-0.05, 0) is 62.9 Å². The van der Waals surface area contributed by atoms with Crippen LogP contribution < -0.4 is 0 Å². The molecule has 170 valence electrons. The normalized spacial score (nSPS) is 34.0. The first-order chi connectivity index (χ1) is 14.9. The van der Waals surface area contributed by atoms with Crippen LogP contribution in [-0.2, 0) is 14.8 Å². The number of piperidine rings is 2. The van der Waals surface area contributed by atoms with Gasteiger partial charge in [0.2, 0.25) is 10.0 Å². The van der Waals surface area contributed by atoms with Crippen molar-refractivity contribution in [1.82, 2.24) is 14.1 Å². The van der Waals surface area contributed by atoms with Gasteiger partial charge >= 0.3 is 6.09 Å². The van der Waals surface area contributed by atoms with Crippen LogP contribution in [-0.4, -0.2) is 80.0 Å². The third kappa shape index (κ3) is 3.75. The van der Waals surface area contributed by atoms with E-state index in [0.717, 1.165) is 45.2 Å². The second-order valence-electron chi connectivity index (χ2n) is 9.40. The predicted molar refractivity (Wildman–Crippen MR) is 117 cm³/mol. The summed E-state index contributed by atoms with van der Waals surface area (Å²) in [6.07, 6.45) is 3.91. The number of sulfonamides is 1. The summed E-state index contributed by atoms with van der Waals surface area (Å²) >= 11 is 5.98. The highest BCUT2D eigenvalue weighted by atomic mass is 35.5. The number of likely N-dealkylation sites (N-methyl/N-ethyl adjacent to an activating group) is 1. The Bertz CT molecular complexity index is 933. The molecule has 5 atom stereocenters. The predicted octanol–water partition coefficient (Wildman–Crippen LogP) is 3.04. The summed E-state index contributed by atoms with van der Waals surface area (Å²) in [5.74, 6) is 0.535. The Hall–Kier alpha value is -1.35. The van der Waals surface area contributed by atoms with Gasteiger partial charge in [0.1, 0.15) is 6.10 Å². The lowest BCUT2D eigenvalue weighted by molar-refractivity contribution is -0.128. The summed E-state index contributed by atoms with van der Waals surface area (Å²) in [6, 6.07) is 6.09. The number of carbonyl (C=O) groups excluding carboxylic acids is 1. The second-order valence-corrected chi connectivity index (χ2v) is 11.7. The van der Waals surface area contributed by atoms with Gasteiger partial charge in [-0.25, -0.2) is 13.2 Å². The topological polar surface area (TPSA) is 70.2 Å². The molecule has 1 amide bonds. The number of piperazine rings is 1. The standard InChI is InChI=1S/C22H30ClN3O4S/c1-24-11-13-25(14-12-24)22(27)30-21-18-10-9-17(18)19-3-2-4-20(21)26(19)31(28,29)16-7-5-15(23)6-8-16/h5-8,17-21H,2-4,9-14H2,1H3/t17?,18?,19?,20?,21-/m0/s1. The molecule has 1 aromatic rings. The molecule has 4 unspecified atom stereocenters. The quantitative estimate of drug-likeness (QED) is 0.683. The van der Waals surface area contributed by atoms with Gasteiger partial charge in [-0.2, -0.15) is 4.31 Å². The molecule has 4 aliphatic rings. The van der Waals surface area contributed by atoms with E-state index in [2.05, 4.69) is 4.90 Å². The second kappa shape index (κ2) is 8.21. The third-order valence-corrected chi connectivity index (χ3v) is 9.94. The number of rotatable bonds is 3. The molecule has 0 aromatic heterocycles. The zero-order valence-corrected chi connectivity index (χ0v) is 19.4. The maximum atomic E-state index is 13.7. The minimum Gasteiger partial charge on any atom is -0.444 e. The summed E-state index contributed by atoms with van der Waals surface area (Å²) in [5.41, 5.74) is 0. The Morgan fingerprint density at radius 1 is 0.968 bits per heavy atom. The van der Waals surface area contributed by atoms with Crippen molar-refractivity contribution in [2.45, 2.75) is 55.2 Å². The van der Waals surface area contributed by atoms with Gasteiger partial charge in [0.15, 0.2) is 0 Å². The molecule has 5 rings (SSSR count). The number of hydrogen-bond acceptors (Lipinski definition) is 5. The first kappa shape index (κ1) is 21.5. The highest BCUT2D eigenvalue weighted by Crippen LogP contribution is 2.53. The zero-order chi connectivity index (χ0) is 21.8. The summed E-state index contributed by atoms with van der Waals surface area (Å²) in [7, 11) is -1.65. The SMILES string of the molecule is CN1CCN(C(=O)O[C@H]2C3CCC3C3CCCC2N3S(=O)(=O)c2ccc(Cl)cc2)CC1. The number of carbonyl (C=O) groups is 1. The number of hydrogen-bond donors (Lipinski definition) is 0. The number of ether oxygens (including phenoxy) is 1. The molecular formula is C22H30ClN3O4S. The van der Waals surface area contributed by atoms with Crippen molar-refractivity contribution in [2.24, 2.45) is 11.8 Å². The largest absolute Gasteiger partial charge is 0.444 e. The molecule has 1 saturated carbocycles. The molecule has 2 bridgehead atoms. The van der Waals surface area contributed by atoms with Crippen molar-refractivity contribution in [3.8, 4) is 0 Å². The van der Waals surface area contributed by atoms with Crippen LogP contribution in [0.15, 0.2) is 29.2 Å². The van der Waals surface area contributed by atoms with Crippen molar-refractivity contribution in [3.05, 3.63) is 29.3 Å². The fourth-order valence-corrected chi connectivity index (χ4v) is 7.95. The molecule has 0 spiro atoms. The summed E-state index contributed by atoms with van der Waals surface area (Å²) in [4.78, 5) is 17.2.